The number of aliphatic hydroxyl groups is 1. The molecular formula is C12H19NOS. The predicted molar refractivity (Wildman–Crippen MR) is 66.2 cm³/mol. The summed E-state index contributed by atoms with van der Waals surface area (Å²) in [5.74, 6) is 1.08. The molecule has 84 valence electrons. The van der Waals surface area contributed by atoms with E-state index in [-0.39, 0.29) is 6.61 Å². The van der Waals surface area contributed by atoms with Gasteiger partial charge in [-0.2, -0.15) is 0 Å². The van der Waals surface area contributed by atoms with Crippen molar-refractivity contribution in [2.24, 2.45) is 0 Å². The zero-order valence-corrected chi connectivity index (χ0v) is 10.2. The van der Waals surface area contributed by atoms with Crippen LogP contribution in [0.3, 0.4) is 0 Å². The van der Waals surface area contributed by atoms with Gasteiger partial charge in [-0.3, -0.25) is 0 Å². The normalized spacial score (nSPS) is 10.9. The fourth-order valence-electron chi connectivity index (χ4n) is 1.21. The molecule has 3 heteroatoms. The number of thioether (sulfide) groups is 1. The Morgan fingerprint density at radius 3 is 2.47 bits per heavy atom. The van der Waals surface area contributed by atoms with Crippen molar-refractivity contribution in [1.29, 1.82) is 0 Å². The van der Waals surface area contributed by atoms with Gasteiger partial charge in [-0.15, -0.1) is 11.8 Å². The van der Waals surface area contributed by atoms with Crippen molar-refractivity contribution in [3.63, 3.8) is 0 Å². The zero-order valence-electron chi connectivity index (χ0n) is 9.36. The lowest BCUT2D eigenvalue weighted by Crippen LogP contribution is -2.24. The molecule has 1 rings (SSSR count). The van der Waals surface area contributed by atoms with Crippen LogP contribution in [0.2, 0.25) is 0 Å². The van der Waals surface area contributed by atoms with Crippen molar-refractivity contribution in [3.8, 4) is 0 Å². The highest BCUT2D eigenvalue weighted by Crippen LogP contribution is 2.17. The van der Waals surface area contributed by atoms with Gasteiger partial charge in [0.15, 0.2) is 0 Å². The molecule has 0 aliphatic heterocycles. The molecule has 0 radical (unpaired) electrons. The number of rotatable bonds is 6. The van der Waals surface area contributed by atoms with Crippen molar-refractivity contribution < 1.29 is 5.11 Å². The third-order valence-electron chi connectivity index (χ3n) is 2.03. The van der Waals surface area contributed by atoms with Crippen LogP contribution in [0, 0.1) is 0 Å². The van der Waals surface area contributed by atoms with Gasteiger partial charge in [0.25, 0.3) is 0 Å². The Bertz CT molecular complexity index is 271. The van der Waals surface area contributed by atoms with Crippen molar-refractivity contribution in [3.05, 3.63) is 29.8 Å². The molecule has 0 saturated carbocycles. The summed E-state index contributed by atoms with van der Waals surface area (Å²) < 4.78 is 0. The third kappa shape index (κ3) is 5.21. The Labute approximate surface area is 96.1 Å². The monoisotopic (exact) mass is 225 g/mol. The van der Waals surface area contributed by atoms with Crippen LogP contribution in [-0.4, -0.2) is 23.4 Å². The minimum absolute atomic E-state index is 0.125. The first-order valence-electron chi connectivity index (χ1n) is 5.28. The Hall–Kier alpha value is -0.510. The fraction of sp³-hybridized carbons (Fsp3) is 0.500. The summed E-state index contributed by atoms with van der Waals surface area (Å²) in [6.07, 6.45) is 0. The van der Waals surface area contributed by atoms with Gasteiger partial charge < -0.3 is 10.4 Å². The maximum absolute atomic E-state index is 8.89. The SMILES string of the molecule is CC(C)NCCSc1ccc(CO)cc1. The van der Waals surface area contributed by atoms with E-state index in [1.807, 2.05) is 23.9 Å². The number of aliphatic hydroxyl groups excluding tert-OH is 1. The molecule has 0 aliphatic rings. The van der Waals surface area contributed by atoms with Crippen LogP contribution in [0.1, 0.15) is 19.4 Å². The largest absolute Gasteiger partial charge is 0.392 e. The average Bonchev–Trinajstić information content (AvgIpc) is 2.25. The van der Waals surface area contributed by atoms with Crippen LogP contribution >= 0.6 is 11.8 Å². The van der Waals surface area contributed by atoms with Crippen LogP contribution in [-0.2, 0) is 6.61 Å². The lowest BCUT2D eigenvalue weighted by atomic mass is 10.2. The van der Waals surface area contributed by atoms with Gasteiger partial charge in [-0.1, -0.05) is 26.0 Å². The smallest absolute Gasteiger partial charge is 0.0681 e. The highest BCUT2D eigenvalue weighted by Gasteiger charge is 1.96. The summed E-state index contributed by atoms with van der Waals surface area (Å²) in [7, 11) is 0. The van der Waals surface area contributed by atoms with E-state index in [9.17, 15) is 0 Å². The van der Waals surface area contributed by atoms with Crippen LogP contribution in [0.15, 0.2) is 29.2 Å². The maximum atomic E-state index is 8.89. The van der Waals surface area contributed by atoms with Gasteiger partial charge in [-0.25, -0.2) is 0 Å². The molecule has 0 aliphatic carbocycles. The number of hydrogen-bond donors (Lipinski definition) is 2. The summed E-state index contributed by atoms with van der Waals surface area (Å²) in [6, 6.07) is 8.62. The second-order valence-corrected chi connectivity index (χ2v) is 4.93. The minimum atomic E-state index is 0.125. The van der Waals surface area contributed by atoms with E-state index in [1.165, 1.54) is 4.90 Å². The average molecular weight is 225 g/mol. The Morgan fingerprint density at radius 2 is 1.93 bits per heavy atom. The van der Waals surface area contributed by atoms with E-state index in [0.717, 1.165) is 17.9 Å². The molecule has 0 bridgehead atoms. The lowest BCUT2D eigenvalue weighted by molar-refractivity contribution is 0.282. The predicted octanol–water partition coefficient (Wildman–Crippen LogP) is 2.27. The van der Waals surface area contributed by atoms with Crippen molar-refractivity contribution in [2.45, 2.75) is 31.4 Å². The highest BCUT2D eigenvalue weighted by molar-refractivity contribution is 7.99. The first-order chi connectivity index (χ1) is 7.22. The molecule has 1 aromatic carbocycles. The molecule has 1 aromatic rings. The van der Waals surface area contributed by atoms with Crippen LogP contribution in [0.5, 0.6) is 0 Å². The van der Waals surface area contributed by atoms with E-state index in [0.29, 0.717) is 6.04 Å². The summed E-state index contributed by atoms with van der Waals surface area (Å²) in [5.41, 5.74) is 0.972. The molecule has 0 saturated heterocycles. The van der Waals surface area contributed by atoms with Gasteiger partial charge in [0, 0.05) is 23.2 Å². The van der Waals surface area contributed by atoms with Crippen molar-refractivity contribution >= 4 is 11.8 Å². The minimum Gasteiger partial charge on any atom is -0.392 e. The van der Waals surface area contributed by atoms with E-state index in [2.05, 4.69) is 31.3 Å². The summed E-state index contributed by atoms with van der Waals surface area (Å²) >= 11 is 1.84. The molecule has 15 heavy (non-hydrogen) atoms. The maximum Gasteiger partial charge on any atom is 0.0681 e. The Morgan fingerprint density at radius 1 is 1.27 bits per heavy atom. The molecule has 0 aromatic heterocycles. The first kappa shape index (κ1) is 12.6. The van der Waals surface area contributed by atoms with E-state index in [4.69, 9.17) is 5.11 Å². The highest BCUT2D eigenvalue weighted by atomic mass is 32.2. The van der Waals surface area contributed by atoms with Gasteiger partial charge in [0.05, 0.1) is 6.61 Å². The molecule has 2 N–H and O–H groups in total. The Balaban J connectivity index is 2.25. The molecule has 0 amide bonds. The summed E-state index contributed by atoms with van der Waals surface area (Å²) in [6.45, 7) is 5.46. The topological polar surface area (TPSA) is 32.3 Å². The fourth-order valence-corrected chi connectivity index (χ4v) is 1.99. The molecule has 2 nitrogen and oxygen atoms in total. The zero-order chi connectivity index (χ0) is 11.1. The van der Waals surface area contributed by atoms with Gasteiger partial charge in [0.1, 0.15) is 0 Å². The van der Waals surface area contributed by atoms with Crippen LogP contribution in [0.25, 0.3) is 0 Å². The number of hydrogen-bond acceptors (Lipinski definition) is 3. The molecule has 0 heterocycles. The second-order valence-electron chi connectivity index (χ2n) is 3.76. The molecule has 0 atom stereocenters. The molecule has 0 fully saturated rings. The first-order valence-corrected chi connectivity index (χ1v) is 6.27. The summed E-state index contributed by atoms with van der Waals surface area (Å²) in [4.78, 5) is 1.26. The van der Waals surface area contributed by atoms with Crippen molar-refractivity contribution in [1.82, 2.24) is 5.32 Å². The van der Waals surface area contributed by atoms with Gasteiger partial charge in [-0.05, 0) is 17.7 Å². The Kier molecular flexibility index (Phi) is 5.76. The lowest BCUT2D eigenvalue weighted by Gasteiger charge is -2.07. The second kappa shape index (κ2) is 6.88. The molecule has 0 spiro atoms. The van der Waals surface area contributed by atoms with E-state index in [1.54, 1.807) is 0 Å². The quantitative estimate of drug-likeness (QED) is 0.575. The standard InChI is InChI=1S/C12H19NOS/c1-10(2)13-7-8-15-12-5-3-11(9-14)4-6-12/h3-6,10,13-14H,7-9H2,1-2H3. The van der Waals surface area contributed by atoms with Gasteiger partial charge >= 0.3 is 0 Å². The summed E-state index contributed by atoms with van der Waals surface area (Å²) in [5, 5.41) is 12.3. The number of nitrogens with one attached hydrogen (secondary N) is 1. The molecular weight excluding hydrogens is 206 g/mol. The van der Waals surface area contributed by atoms with Gasteiger partial charge in [0.2, 0.25) is 0 Å². The molecule has 0 unspecified atom stereocenters. The van der Waals surface area contributed by atoms with Crippen LogP contribution < -0.4 is 5.32 Å². The van der Waals surface area contributed by atoms with Crippen LogP contribution in [0.4, 0.5) is 0 Å². The van der Waals surface area contributed by atoms with E-state index >= 15 is 0 Å². The third-order valence-corrected chi connectivity index (χ3v) is 3.04. The number of benzene rings is 1. The van der Waals surface area contributed by atoms with Crippen molar-refractivity contribution in [2.75, 3.05) is 12.3 Å². The van der Waals surface area contributed by atoms with E-state index < -0.39 is 0 Å².